The number of aliphatic hydroxyl groups excluding tert-OH is 1. The van der Waals surface area contributed by atoms with E-state index < -0.39 is 17.0 Å². The van der Waals surface area contributed by atoms with Crippen LogP contribution in [0.2, 0.25) is 0 Å². The van der Waals surface area contributed by atoms with Gasteiger partial charge >= 0.3 is 5.97 Å². The molecule has 0 fully saturated rings. The Morgan fingerprint density at radius 3 is 2.56 bits per heavy atom. The van der Waals surface area contributed by atoms with Crippen molar-refractivity contribution in [2.45, 2.75) is 25.9 Å². The molecule has 1 unspecified atom stereocenters. The Hall–Kier alpha value is -1.95. The molecule has 6 heteroatoms. The Morgan fingerprint density at radius 1 is 1.44 bits per heavy atom. The number of ether oxygens (including phenoxy) is 1. The molecule has 0 saturated carbocycles. The highest BCUT2D eigenvalue weighted by Crippen LogP contribution is 2.14. The van der Waals surface area contributed by atoms with E-state index in [0.29, 0.717) is 0 Å². The Kier molecular flexibility index (Phi) is 5.26. The maximum Gasteiger partial charge on any atom is 0.308 e. The highest BCUT2D eigenvalue weighted by molar-refractivity contribution is 5.69. The average Bonchev–Trinajstić information content (AvgIpc) is 2.29. The van der Waals surface area contributed by atoms with Gasteiger partial charge in [-0.25, -0.2) is 0 Å². The second-order valence-electron chi connectivity index (χ2n) is 3.79. The van der Waals surface area contributed by atoms with Crippen molar-refractivity contribution in [2.24, 2.45) is 0 Å². The van der Waals surface area contributed by atoms with Gasteiger partial charge in [0.2, 0.25) is 0 Å². The molecule has 1 atom stereocenters. The van der Waals surface area contributed by atoms with Crippen molar-refractivity contribution in [3.8, 4) is 0 Å². The summed E-state index contributed by atoms with van der Waals surface area (Å²) in [6.07, 6.45) is -0.660. The molecular formula is C12H15NO5. The smallest absolute Gasteiger partial charge is 0.308 e. The predicted octanol–water partition coefficient (Wildman–Crippen LogP) is 1.45. The first-order chi connectivity index (χ1) is 8.52. The summed E-state index contributed by atoms with van der Waals surface area (Å²) < 4.78 is 4.71. The normalized spacial score (nSPS) is 11.9. The maximum absolute atomic E-state index is 11.1. The molecule has 0 spiro atoms. The lowest BCUT2D eigenvalue weighted by molar-refractivity contribution is -0.384. The van der Waals surface area contributed by atoms with Crippen LogP contribution in [0.5, 0.6) is 0 Å². The fourth-order valence-electron chi connectivity index (χ4n) is 1.51. The van der Waals surface area contributed by atoms with Gasteiger partial charge in [0, 0.05) is 12.1 Å². The average molecular weight is 253 g/mol. The van der Waals surface area contributed by atoms with Crippen molar-refractivity contribution in [1.29, 1.82) is 0 Å². The summed E-state index contributed by atoms with van der Waals surface area (Å²) in [5.41, 5.74) is 0.732. The minimum absolute atomic E-state index is 0.00127. The van der Waals surface area contributed by atoms with Gasteiger partial charge in [0.25, 0.3) is 5.69 Å². The minimum Gasteiger partial charge on any atom is -0.466 e. The summed E-state index contributed by atoms with van der Waals surface area (Å²) in [4.78, 5) is 21.1. The standard InChI is InChI=1S/C12H15NO5/c1-2-18-12(15)8-11(14)7-9-3-5-10(6-4-9)13(16)17/h3-6,11,14H,2,7-8H2,1H3. The number of non-ortho nitro benzene ring substituents is 1. The molecule has 0 saturated heterocycles. The van der Waals surface area contributed by atoms with Crippen LogP contribution >= 0.6 is 0 Å². The van der Waals surface area contributed by atoms with Crippen molar-refractivity contribution in [3.63, 3.8) is 0 Å². The van der Waals surface area contributed by atoms with Crippen LogP contribution in [0, 0.1) is 10.1 Å². The minimum atomic E-state index is -0.842. The number of nitro benzene ring substituents is 1. The van der Waals surface area contributed by atoms with E-state index in [-0.39, 0.29) is 25.1 Å². The van der Waals surface area contributed by atoms with Crippen LogP contribution in [0.1, 0.15) is 18.9 Å². The number of hydrogen-bond donors (Lipinski definition) is 1. The summed E-state index contributed by atoms with van der Waals surface area (Å²) in [6, 6.07) is 5.86. The number of aliphatic hydroxyl groups is 1. The third kappa shape index (κ3) is 4.50. The van der Waals surface area contributed by atoms with Crippen molar-refractivity contribution >= 4 is 11.7 Å². The number of nitro groups is 1. The van der Waals surface area contributed by atoms with Crippen LogP contribution in [-0.4, -0.2) is 28.7 Å². The first-order valence-electron chi connectivity index (χ1n) is 5.60. The molecule has 1 aromatic rings. The fraction of sp³-hybridized carbons (Fsp3) is 0.417. The monoisotopic (exact) mass is 253 g/mol. The van der Waals surface area contributed by atoms with E-state index in [1.807, 2.05) is 0 Å². The van der Waals surface area contributed by atoms with Crippen LogP contribution in [0.4, 0.5) is 5.69 Å². The van der Waals surface area contributed by atoms with Crippen LogP contribution < -0.4 is 0 Å². The van der Waals surface area contributed by atoms with Gasteiger partial charge in [-0.15, -0.1) is 0 Å². The molecule has 98 valence electrons. The largest absolute Gasteiger partial charge is 0.466 e. The first kappa shape index (κ1) is 14.1. The third-order valence-corrected chi connectivity index (χ3v) is 2.33. The predicted molar refractivity (Wildman–Crippen MR) is 64.1 cm³/mol. The lowest BCUT2D eigenvalue weighted by atomic mass is 10.1. The molecule has 1 N–H and O–H groups in total. The molecule has 0 aliphatic rings. The summed E-state index contributed by atoms with van der Waals surface area (Å²) in [6.45, 7) is 1.98. The molecule has 1 aromatic carbocycles. The number of carbonyl (C=O) groups excluding carboxylic acids is 1. The topological polar surface area (TPSA) is 89.7 Å². The van der Waals surface area contributed by atoms with Gasteiger partial charge in [0.05, 0.1) is 24.1 Å². The summed E-state index contributed by atoms with van der Waals surface area (Å²) in [7, 11) is 0. The van der Waals surface area contributed by atoms with Gasteiger partial charge in [-0.1, -0.05) is 12.1 Å². The number of rotatable bonds is 6. The van der Waals surface area contributed by atoms with Crippen LogP contribution in [0.25, 0.3) is 0 Å². The van der Waals surface area contributed by atoms with E-state index in [1.54, 1.807) is 19.1 Å². The van der Waals surface area contributed by atoms with E-state index in [2.05, 4.69) is 0 Å². The van der Waals surface area contributed by atoms with E-state index in [0.717, 1.165) is 5.56 Å². The molecule has 6 nitrogen and oxygen atoms in total. The second-order valence-corrected chi connectivity index (χ2v) is 3.79. The zero-order chi connectivity index (χ0) is 13.5. The van der Waals surface area contributed by atoms with Crippen molar-refractivity contribution in [3.05, 3.63) is 39.9 Å². The van der Waals surface area contributed by atoms with E-state index in [4.69, 9.17) is 4.74 Å². The number of esters is 1. The Bertz CT molecular complexity index is 415. The van der Waals surface area contributed by atoms with Crippen LogP contribution in [0.15, 0.2) is 24.3 Å². The van der Waals surface area contributed by atoms with Gasteiger partial charge in [-0.3, -0.25) is 14.9 Å². The Labute approximate surface area is 104 Å². The quantitative estimate of drug-likeness (QED) is 0.471. The molecule has 0 aliphatic carbocycles. The fourth-order valence-corrected chi connectivity index (χ4v) is 1.51. The molecule has 1 rings (SSSR count). The van der Waals surface area contributed by atoms with E-state index >= 15 is 0 Å². The van der Waals surface area contributed by atoms with Crippen LogP contribution in [-0.2, 0) is 16.0 Å². The molecule has 0 aliphatic heterocycles. The van der Waals surface area contributed by atoms with Gasteiger partial charge in [0.1, 0.15) is 0 Å². The third-order valence-electron chi connectivity index (χ3n) is 2.33. The highest BCUT2D eigenvalue weighted by atomic mass is 16.6. The Balaban J connectivity index is 2.51. The van der Waals surface area contributed by atoms with Gasteiger partial charge in [-0.05, 0) is 18.9 Å². The van der Waals surface area contributed by atoms with Crippen molar-refractivity contribution in [2.75, 3.05) is 6.61 Å². The summed E-state index contributed by atoms with van der Waals surface area (Å²) >= 11 is 0. The number of nitrogens with zero attached hydrogens (tertiary/aromatic N) is 1. The number of hydrogen-bond acceptors (Lipinski definition) is 5. The van der Waals surface area contributed by atoms with Crippen molar-refractivity contribution in [1.82, 2.24) is 0 Å². The maximum atomic E-state index is 11.1. The van der Waals surface area contributed by atoms with Gasteiger partial charge < -0.3 is 9.84 Å². The zero-order valence-corrected chi connectivity index (χ0v) is 10.0. The Morgan fingerprint density at radius 2 is 2.06 bits per heavy atom. The van der Waals surface area contributed by atoms with Gasteiger partial charge in [-0.2, -0.15) is 0 Å². The van der Waals surface area contributed by atoms with Crippen molar-refractivity contribution < 1.29 is 19.6 Å². The molecule has 0 radical (unpaired) electrons. The summed E-state index contributed by atoms with van der Waals surface area (Å²) in [5.74, 6) is -0.452. The number of carbonyl (C=O) groups is 1. The van der Waals surface area contributed by atoms with Gasteiger partial charge in [0.15, 0.2) is 0 Å². The molecule has 0 amide bonds. The number of benzene rings is 1. The van der Waals surface area contributed by atoms with E-state index in [1.165, 1.54) is 12.1 Å². The van der Waals surface area contributed by atoms with E-state index in [9.17, 15) is 20.0 Å². The lowest BCUT2D eigenvalue weighted by Crippen LogP contribution is -2.18. The second kappa shape index (κ2) is 6.70. The first-order valence-corrected chi connectivity index (χ1v) is 5.60. The zero-order valence-electron chi connectivity index (χ0n) is 10.0. The van der Waals surface area contributed by atoms with Crippen LogP contribution in [0.3, 0.4) is 0 Å². The molecule has 18 heavy (non-hydrogen) atoms. The highest BCUT2D eigenvalue weighted by Gasteiger charge is 2.13. The SMILES string of the molecule is CCOC(=O)CC(O)Cc1ccc([N+](=O)[O-])cc1. The summed E-state index contributed by atoms with van der Waals surface area (Å²) in [5, 5.41) is 20.1. The molecule has 0 bridgehead atoms. The molecule has 0 heterocycles. The molecule has 0 aromatic heterocycles. The lowest BCUT2D eigenvalue weighted by Gasteiger charge is -2.09. The molecular weight excluding hydrogens is 238 g/mol.